The predicted molar refractivity (Wildman–Crippen MR) is 62.9 cm³/mol. The standard InChI is InChI=1S/C13H24O3/c1-8(2)11-6-5-9(3)7-12(11)16-13(15)10(4)14/h8-12,14H,5-7H2,1-4H3/t9-,10-,11-,12+/m1/s1. The molecule has 16 heavy (non-hydrogen) atoms. The minimum Gasteiger partial charge on any atom is -0.460 e. The Hall–Kier alpha value is -0.570. The first-order valence-electron chi connectivity index (χ1n) is 6.30. The topological polar surface area (TPSA) is 46.5 Å². The molecule has 1 aliphatic carbocycles. The predicted octanol–water partition coefficient (Wildman–Crippen LogP) is 2.37. The molecule has 0 bridgehead atoms. The van der Waals surface area contributed by atoms with Crippen LogP contribution in [-0.2, 0) is 9.53 Å². The summed E-state index contributed by atoms with van der Waals surface area (Å²) in [6, 6.07) is 0. The van der Waals surface area contributed by atoms with Crippen molar-refractivity contribution in [3.05, 3.63) is 0 Å². The summed E-state index contributed by atoms with van der Waals surface area (Å²) in [7, 11) is 0. The molecule has 0 aromatic rings. The number of carbonyl (C=O) groups excluding carboxylic acids is 1. The second-order valence-corrected chi connectivity index (χ2v) is 5.48. The van der Waals surface area contributed by atoms with Gasteiger partial charge in [0, 0.05) is 0 Å². The van der Waals surface area contributed by atoms with Crippen molar-refractivity contribution in [2.24, 2.45) is 17.8 Å². The second-order valence-electron chi connectivity index (χ2n) is 5.48. The summed E-state index contributed by atoms with van der Waals surface area (Å²) in [5.74, 6) is 1.10. The molecule has 0 aromatic heterocycles. The molecule has 0 amide bonds. The lowest BCUT2D eigenvalue weighted by Gasteiger charge is -2.36. The van der Waals surface area contributed by atoms with Crippen molar-refractivity contribution in [3.63, 3.8) is 0 Å². The number of carbonyl (C=O) groups is 1. The number of rotatable bonds is 3. The summed E-state index contributed by atoms with van der Waals surface area (Å²) in [6.07, 6.45) is 2.25. The van der Waals surface area contributed by atoms with Gasteiger partial charge in [-0.15, -0.1) is 0 Å². The van der Waals surface area contributed by atoms with Crippen LogP contribution in [0.25, 0.3) is 0 Å². The van der Waals surface area contributed by atoms with E-state index in [9.17, 15) is 4.79 Å². The van der Waals surface area contributed by atoms with E-state index in [4.69, 9.17) is 9.84 Å². The highest BCUT2D eigenvalue weighted by atomic mass is 16.6. The minimum absolute atomic E-state index is 0.00847. The first-order chi connectivity index (χ1) is 7.41. The molecule has 3 nitrogen and oxygen atoms in total. The van der Waals surface area contributed by atoms with Crippen molar-refractivity contribution < 1.29 is 14.6 Å². The molecule has 1 aliphatic rings. The quantitative estimate of drug-likeness (QED) is 0.754. The fraction of sp³-hybridized carbons (Fsp3) is 0.923. The molecule has 0 heterocycles. The van der Waals surface area contributed by atoms with E-state index >= 15 is 0 Å². The third-order valence-electron chi connectivity index (χ3n) is 3.57. The molecule has 1 fully saturated rings. The van der Waals surface area contributed by atoms with Crippen molar-refractivity contribution in [1.82, 2.24) is 0 Å². The fourth-order valence-electron chi connectivity index (χ4n) is 2.50. The Morgan fingerprint density at radius 2 is 1.94 bits per heavy atom. The molecule has 0 unspecified atom stereocenters. The van der Waals surface area contributed by atoms with Crippen molar-refractivity contribution in [2.75, 3.05) is 0 Å². The zero-order valence-corrected chi connectivity index (χ0v) is 10.8. The first-order valence-corrected chi connectivity index (χ1v) is 6.30. The van der Waals surface area contributed by atoms with Gasteiger partial charge < -0.3 is 9.84 Å². The van der Waals surface area contributed by atoms with Crippen LogP contribution in [0.1, 0.15) is 47.0 Å². The van der Waals surface area contributed by atoms with E-state index in [-0.39, 0.29) is 6.10 Å². The lowest BCUT2D eigenvalue weighted by Crippen LogP contribution is -2.37. The maximum absolute atomic E-state index is 11.4. The Bertz CT molecular complexity index is 235. The molecule has 4 atom stereocenters. The van der Waals surface area contributed by atoms with E-state index in [1.165, 1.54) is 13.3 Å². The molecule has 0 radical (unpaired) electrons. The van der Waals surface area contributed by atoms with Crippen LogP contribution in [0.5, 0.6) is 0 Å². The van der Waals surface area contributed by atoms with Crippen LogP contribution in [0.2, 0.25) is 0 Å². The molecule has 1 rings (SSSR count). The fourth-order valence-corrected chi connectivity index (χ4v) is 2.50. The second kappa shape index (κ2) is 5.67. The lowest BCUT2D eigenvalue weighted by atomic mass is 9.75. The Morgan fingerprint density at radius 3 is 2.44 bits per heavy atom. The van der Waals surface area contributed by atoms with E-state index in [0.717, 1.165) is 12.8 Å². The number of hydrogen-bond donors (Lipinski definition) is 1. The molecule has 3 heteroatoms. The van der Waals surface area contributed by atoms with Crippen LogP contribution < -0.4 is 0 Å². The van der Waals surface area contributed by atoms with E-state index in [1.807, 2.05) is 0 Å². The molecular weight excluding hydrogens is 204 g/mol. The van der Waals surface area contributed by atoms with E-state index in [1.54, 1.807) is 0 Å². The van der Waals surface area contributed by atoms with Crippen LogP contribution in [0.4, 0.5) is 0 Å². The maximum Gasteiger partial charge on any atom is 0.334 e. The van der Waals surface area contributed by atoms with Gasteiger partial charge in [0.2, 0.25) is 0 Å². The first kappa shape index (κ1) is 13.5. The van der Waals surface area contributed by atoms with E-state index in [2.05, 4.69) is 20.8 Å². The Morgan fingerprint density at radius 1 is 1.31 bits per heavy atom. The van der Waals surface area contributed by atoms with Crippen molar-refractivity contribution in [2.45, 2.75) is 59.2 Å². The number of esters is 1. The summed E-state index contributed by atoms with van der Waals surface area (Å²) >= 11 is 0. The van der Waals surface area contributed by atoms with Gasteiger partial charge in [0.25, 0.3) is 0 Å². The van der Waals surface area contributed by atoms with Gasteiger partial charge in [0.15, 0.2) is 0 Å². The third kappa shape index (κ3) is 3.48. The maximum atomic E-state index is 11.4. The van der Waals surface area contributed by atoms with Crippen molar-refractivity contribution in [3.8, 4) is 0 Å². The largest absolute Gasteiger partial charge is 0.460 e. The highest BCUT2D eigenvalue weighted by Gasteiger charge is 2.33. The van der Waals surface area contributed by atoms with Gasteiger partial charge in [-0.2, -0.15) is 0 Å². The Labute approximate surface area is 98.2 Å². The van der Waals surface area contributed by atoms with Gasteiger partial charge >= 0.3 is 5.97 Å². The highest BCUT2D eigenvalue weighted by molar-refractivity contribution is 5.74. The van der Waals surface area contributed by atoms with Crippen molar-refractivity contribution in [1.29, 1.82) is 0 Å². The molecule has 94 valence electrons. The molecule has 0 spiro atoms. The molecule has 0 saturated heterocycles. The Kier molecular flexibility index (Phi) is 4.78. The van der Waals surface area contributed by atoms with Crippen LogP contribution in [0.15, 0.2) is 0 Å². The summed E-state index contributed by atoms with van der Waals surface area (Å²) in [4.78, 5) is 11.4. The number of aliphatic hydroxyl groups excluding tert-OH is 1. The number of ether oxygens (including phenoxy) is 1. The van der Waals surface area contributed by atoms with Gasteiger partial charge in [-0.25, -0.2) is 4.79 Å². The molecule has 0 aromatic carbocycles. The van der Waals surface area contributed by atoms with Crippen molar-refractivity contribution >= 4 is 5.97 Å². The summed E-state index contributed by atoms with van der Waals surface area (Å²) in [5.41, 5.74) is 0. The molecule has 1 N–H and O–H groups in total. The molecular formula is C13H24O3. The molecule has 1 saturated carbocycles. The SMILES string of the molecule is CC(C)[C@H]1CC[C@@H](C)C[C@@H]1OC(=O)[C@@H](C)O. The normalized spacial score (nSPS) is 32.5. The zero-order chi connectivity index (χ0) is 12.3. The number of aliphatic hydroxyl groups is 1. The van der Waals surface area contributed by atoms with Gasteiger partial charge in [0.1, 0.15) is 12.2 Å². The van der Waals surface area contributed by atoms with Gasteiger partial charge in [-0.05, 0) is 37.5 Å². The third-order valence-corrected chi connectivity index (χ3v) is 3.57. The highest BCUT2D eigenvalue weighted by Crippen LogP contribution is 2.35. The van der Waals surface area contributed by atoms with E-state index in [0.29, 0.717) is 17.8 Å². The lowest BCUT2D eigenvalue weighted by molar-refractivity contribution is -0.164. The van der Waals surface area contributed by atoms with Crippen LogP contribution >= 0.6 is 0 Å². The smallest absolute Gasteiger partial charge is 0.334 e. The zero-order valence-electron chi connectivity index (χ0n) is 10.8. The summed E-state index contributed by atoms with van der Waals surface area (Å²) in [5, 5.41) is 9.17. The van der Waals surface area contributed by atoms with Gasteiger partial charge in [-0.1, -0.05) is 27.2 Å². The summed E-state index contributed by atoms with van der Waals surface area (Å²) < 4.78 is 5.41. The monoisotopic (exact) mass is 228 g/mol. The van der Waals surface area contributed by atoms with Crippen LogP contribution in [-0.4, -0.2) is 23.3 Å². The van der Waals surface area contributed by atoms with Crippen LogP contribution in [0, 0.1) is 17.8 Å². The molecule has 0 aliphatic heterocycles. The van der Waals surface area contributed by atoms with Crippen LogP contribution in [0.3, 0.4) is 0 Å². The average molecular weight is 228 g/mol. The minimum atomic E-state index is -1.01. The summed E-state index contributed by atoms with van der Waals surface area (Å²) in [6.45, 7) is 7.99. The van der Waals surface area contributed by atoms with Gasteiger partial charge in [0.05, 0.1) is 0 Å². The van der Waals surface area contributed by atoms with Gasteiger partial charge in [-0.3, -0.25) is 0 Å². The average Bonchev–Trinajstić information content (AvgIpc) is 2.16. The number of hydrogen-bond acceptors (Lipinski definition) is 3. The van der Waals surface area contributed by atoms with E-state index < -0.39 is 12.1 Å². The Balaban J connectivity index is 2.61.